The number of nitrogens with zero attached hydrogens (tertiary/aromatic N) is 2. The minimum Gasteiger partial charge on any atom is -0.390 e. The van der Waals surface area contributed by atoms with E-state index in [2.05, 4.69) is 4.90 Å². The highest BCUT2D eigenvalue weighted by Crippen LogP contribution is 2.24. The second kappa shape index (κ2) is 9.46. The fourth-order valence-electron chi connectivity index (χ4n) is 3.61. The second-order valence-corrected chi connectivity index (χ2v) is 7.25. The van der Waals surface area contributed by atoms with Crippen molar-refractivity contribution in [1.29, 1.82) is 0 Å². The van der Waals surface area contributed by atoms with Gasteiger partial charge in [-0.2, -0.15) is 0 Å². The van der Waals surface area contributed by atoms with Gasteiger partial charge in [-0.25, -0.2) is 0 Å². The van der Waals surface area contributed by atoms with E-state index in [0.29, 0.717) is 13.0 Å². The average molecular weight is 362 g/mol. The fraction of sp³-hybridized carbons (Fsp3) is 0.650. The molecule has 2 aliphatic rings. The number of likely N-dealkylation sites (N-methyl/N-ethyl adjacent to an activating group) is 1. The normalized spacial score (nSPS) is 27.2. The maximum atomic E-state index is 12.8. The maximum Gasteiger partial charge on any atom is 0.254 e. The molecule has 0 unspecified atom stereocenters. The van der Waals surface area contributed by atoms with E-state index in [1.54, 1.807) is 11.9 Å². The quantitative estimate of drug-likeness (QED) is 0.826. The smallest absolute Gasteiger partial charge is 0.254 e. The van der Waals surface area contributed by atoms with E-state index in [0.717, 1.165) is 51.3 Å². The molecule has 0 aromatic heterocycles. The second-order valence-electron chi connectivity index (χ2n) is 7.25. The first kappa shape index (κ1) is 19.3. The van der Waals surface area contributed by atoms with Crippen molar-refractivity contribution in [3.05, 3.63) is 35.9 Å². The van der Waals surface area contributed by atoms with Gasteiger partial charge in [-0.1, -0.05) is 30.3 Å². The van der Waals surface area contributed by atoms with Gasteiger partial charge in [0.05, 0.1) is 25.4 Å². The molecule has 1 N–H and O–H groups in total. The molecule has 6 heteroatoms. The molecule has 2 saturated heterocycles. The van der Waals surface area contributed by atoms with Gasteiger partial charge in [0.25, 0.3) is 5.91 Å². The number of carbonyl (C=O) groups excluding carboxylic acids is 1. The minimum absolute atomic E-state index is 0.0281. The van der Waals surface area contributed by atoms with Gasteiger partial charge in [-0.05, 0) is 24.8 Å². The van der Waals surface area contributed by atoms with E-state index in [1.165, 1.54) is 0 Å². The van der Waals surface area contributed by atoms with Gasteiger partial charge in [-0.15, -0.1) is 0 Å². The summed E-state index contributed by atoms with van der Waals surface area (Å²) in [6.45, 7) is 4.95. The molecule has 0 spiro atoms. The summed E-state index contributed by atoms with van der Waals surface area (Å²) in [7, 11) is 1.77. The van der Waals surface area contributed by atoms with Crippen molar-refractivity contribution >= 4 is 5.91 Å². The zero-order valence-electron chi connectivity index (χ0n) is 15.5. The molecule has 2 fully saturated rings. The Kier molecular flexibility index (Phi) is 7.02. The Labute approximate surface area is 155 Å². The Morgan fingerprint density at radius 1 is 1.23 bits per heavy atom. The van der Waals surface area contributed by atoms with E-state index in [1.807, 2.05) is 30.3 Å². The van der Waals surface area contributed by atoms with Crippen LogP contribution in [-0.2, 0) is 20.8 Å². The van der Waals surface area contributed by atoms with Gasteiger partial charge in [0, 0.05) is 33.2 Å². The van der Waals surface area contributed by atoms with Crippen LogP contribution in [0.1, 0.15) is 24.8 Å². The molecule has 3 rings (SSSR count). The highest BCUT2D eigenvalue weighted by Gasteiger charge is 2.36. The molecule has 1 aromatic rings. The summed E-state index contributed by atoms with van der Waals surface area (Å²) in [5.41, 5.74) is 1.07. The van der Waals surface area contributed by atoms with Gasteiger partial charge in [-0.3, -0.25) is 9.69 Å². The van der Waals surface area contributed by atoms with Crippen molar-refractivity contribution in [2.24, 2.45) is 0 Å². The third-order valence-corrected chi connectivity index (χ3v) is 5.23. The number of benzene rings is 1. The fourth-order valence-corrected chi connectivity index (χ4v) is 3.61. The first-order valence-electron chi connectivity index (χ1n) is 9.56. The van der Waals surface area contributed by atoms with Crippen LogP contribution in [0.4, 0.5) is 0 Å². The lowest BCUT2D eigenvalue weighted by Gasteiger charge is -2.36. The molecular formula is C20H30N2O4. The Hall–Kier alpha value is -1.47. The number of amides is 1. The SMILES string of the molecule is CN(Cc1ccccc1)C(=O)[C@@H]1O[C@H](CCN2CCOCC2)CC[C@@H]1O. The molecule has 26 heavy (non-hydrogen) atoms. The molecule has 144 valence electrons. The van der Waals surface area contributed by atoms with E-state index < -0.39 is 12.2 Å². The van der Waals surface area contributed by atoms with Gasteiger partial charge >= 0.3 is 0 Å². The maximum absolute atomic E-state index is 12.8. The molecule has 0 aliphatic carbocycles. The molecule has 1 aromatic carbocycles. The van der Waals surface area contributed by atoms with E-state index in [-0.39, 0.29) is 12.0 Å². The number of hydrogen-bond acceptors (Lipinski definition) is 5. The highest BCUT2D eigenvalue weighted by molar-refractivity contribution is 5.81. The number of rotatable bonds is 6. The van der Waals surface area contributed by atoms with Crippen LogP contribution in [0.2, 0.25) is 0 Å². The zero-order chi connectivity index (χ0) is 18.4. The minimum atomic E-state index is -0.757. The predicted octanol–water partition coefficient (Wildman–Crippen LogP) is 1.28. The standard InChI is InChI=1S/C20H30N2O4/c1-21(15-16-5-3-2-4-6-16)20(24)19-18(23)8-7-17(26-19)9-10-22-11-13-25-14-12-22/h2-6,17-19,23H,7-15H2,1H3/t17-,18-,19+/m0/s1. The number of aliphatic hydroxyl groups excluding tert-OH is 1. The summed E-state index contributed by atoms with van der Waals surface area (Å²) in [5, 5.41) is 10.3. The first-order valence-corrected chi connectivity index (χ1v) is 9.56. The first-order chi connectivity index (χ1) is 12.6. The third kappa shape index (κ3) is 5.27. The third-order valence-electron chi connectivity index (χ3n) is 5.23. The predicted molar refractivity (Wildman–Crippen MR) is 98.7 cm³/mol. The molecule has 6 nitrogen and oxygen atoms in total. The molecule has 3 atom stereocenters. The van der Waals surface area contributed by atoms with Crippen LogP contribution in [0.25, 0.3) is 0 Å². The van der Waals surface area contributed by atoms with Crippen molar-refractivity contribution < 1.29 is 19.4 Å². The summed E-state index contributed by atoms with van der Waals surface area (Å²) in [6, 6.07) is 9.86. The molecule has 0 saturated carbocycles. The van der Waals surface area contributed by atoms with Crippen molar-refractivity contribution in [2.75, 3.05) is 39.9 Å². The van der Waals surface area contributed by atoms with E-state index >= 15 is 0 Å². The average Bonchev–Trinajstić information content (AvgIpc) is 2.68. The summed E-state index contributed by atoms with van der Waals surface area (Å²) in [4.78, 5) is 16.8. The van der Waals surface area contributed by atoms with E-state index in [9.17, 15) is 9.90 Å². The molecular weight excluding hydrogens is 332 g/mol. The van der Waals surface area contributed by atoms with Crippen LogP contribution in [0.15, 0.2) is 30.3 Å². The van der Waals surface area contributed by atoms with Crippen molar-refractivity contribution in [2.45, 2.75) is 44.1 Å². The summed E-state index contributed by atoms with van der Waals surface area (Å²) in [5.74, 6) is -0.141. The van der Waals surface area contributed by atoms with Gasteiger partial charge < -0.3 is 19.5 Å². The number of morpholine rings is 1. The highest BCUT2D eigenvalue weighted by atomic mass is 16.5. The van der Waals surface area contributed by atoms with Crippen molar-refractivity contribution in [3.8, 4) is 0 Å². The zero-order valence-corrected chi connectivity index (χ0v) is 15.5. The van der Waals surface area contributed by atoms with Gasteiger partial charge in [0.2, 0.25) is 0 Å². The Balaban J connectivity index is 1.51. The Morgan fingerprint density at radius 3 is 2.69 bits per heavy atom. The van der Waals surface area contributed by atoms with Crippen molar-refractivity contribution in [3.63, 3.8) is 0 Å². The van der Waals surface area contributed by atoms with Crippen LogP contribution in [-0.4, -0.2) is 79.0 Å². The van der Waals surface area contributed by atoms with Crippen LogP contribution in [0, 0.1) is 0 Å². The Morgan fingerprint density at radius 2 is 1.96 bits per heavy atom. The van der Waals surface area contributed by atoms with Crippen LogP contribution >= 0.6 is 0 Å². The largest absolute Gasteiger partial charge is 0.390 e. The summed E-state index contributed by atoms with van der Waals surface area (Å²) in [6.07, 6.45) is 0.854. The molecule has 2 aliphatic heterocycles. The lowest BCUT2D eigenvalue weighted by Crippen LogP contribution is -2.50. The van der Waals surface area contributed by atoms with Crippen LogP contribution in [0.5, 0.6) is 0 Å². The van der Waals surface area contributed by atoms with Crippen LogP contribution in [0.3, 0.4) is 0 Å². The van der Waals surface area contributed by atoms with Crippen molar-refractivity contribution in [1.82, 2.24) is 9.80 Å². The molecule has 0 bridgehead atoms. The summed E-state index contributed by atoms with van der Waals surface area (Å²) < 4.78 is 11.4. The molecule has 0 radical (unpaired) electrons. The number of aliphatic hydroxyl groups is 1. The van der Waals surface area contributed by atoms with E-state index in [4.69, 9.17) is 9.47 Å². The Bertz CT molecular complexity index is 562. The van der Waals surface area contributed by atoms with Crippen LogP contribution < -0.4 is 0 Å². The lowest BCUT2D eigenvalue weighted by molar-refractivity contribution is -0.168. The molecule has 2 heterocycles. The number of hydrogen-bond donors (Lipinski definition) is 1. The lowest BCUT2D eigenvalue weighted by atomic mass is 9.98. The van der Waals surface area contributed by atoms with Gasteiger partial charge in [0.1, 0.15) is 0 Å². The number of ether oxygens (including phenoxy) is 2. The summed E-state index contributed by atoms with van der Waals surface area (Å²) >= 11 is 0. The molecule has 1 amide bonds. The topological polar surface area (TPSA) is 62.2 Å². The monoisotopic (exact) mass is 362 g/mol. The van der Waals surface area contributed by atoms with Gasteiger partial charge in [0.15, 0.2) is 6.10 Å². The number of carbonyl (C=O) groups is 1.